The summed E-state index contributed by atoms with van der Waals surface area (Å²) in [5.74, 6) is 0.207. The maximum atomic E-state index is 11.8. The Morgan fingerprint density at radius 2 is 2.29 bits per heavy atom. The fourth-order valence-electron chi connectivity index (χ4n) is 2.66. The molecule has 1 atom stereocenters. The number of ether oxygens (including phenoxy) is 1. The molecule has 1 aromatic carbocycles. The average Bonchev–Trinajstić information content (AvgIpc) is 2.80. The summed E-state index contributed by atoms with van der Waals surface area (Å²) < 4.78 is 5.55. The molecule has 5 heteroatoms. The minimum Gasteiger partial charge on any atom is -0.492 e. The van der Waals surface area contributed by atoms with E-state index in [1.54, 1.807) is 12.1 Å². The Labute approximate surface area is 124 Å². The van der Waals surface area contributed by atoms with Crippen molar-refractivity contribution >= 4 is 11.9 Å². The lowest BCUT2D eigenvalue weighted by molar-refractivity contribution is -0.128. The van der Waals surface area contributed by atoms with E-state index in [-0.39, 0.29) is 11.5 Å². The molecule has 0 radical (unpaired) electrons. The van der Waals surface area contributed by atoms with E-state index in [9.17, 15) is 9.59 Å². The molecule has 2 rings (SSSR count). The monoisotopic (exact) mass is 291 g/mol. The quantitative estimate of drug-likeness (QED) is 0.837. The number of nitrogens with zero attached hydrogens (tertiary/aromatic N) is 1. The van der Waals surface area contributed by atoms with Crippen molar-refractivity contribution in [3.8, 4) is 5.75 Å². The van der Waals surface area contributed by atoms with Crippen LogP contribution in [-0.2, 0) is 4.79 Å². The van der Waals surface area contributed by atoms with Crippen molar-refractivity contribution in [2.75, 3.05) is 19.7 Å². The number of aromatic carboxylic acids is 1. The van der Waals surface area contributed by atoms with Gasteiger partial charge in [0.1, 0.15) is 12.4 Å². The van der Waals surface area contributed by atoms with Crippen LogP contribution in [0, 0.1) is 5.92 Å². The second-order valence-electron chi connectivity index (χ2n) is 5.38. The van der Waals surface area contributed by atoms with E-state index >= 15 is 0 Å². The molecule has 1 aliphatic rings. The molecule has 1 saturated heterocycles. The first-order chi connectivity index (χ1) is 10.1. The Hall–Kier alpha value is -2.04. The van der Waals surface area contributed by atoms with Crippen LogP contribution in [0.2, 0.25) is 0 Å². The van der Waals surface area contributed by atoms with Crippen LogP contribution in [-0.4, -0.2) is 41.6 Å². The SMILES string of the molecule is CCCC1CC(=O)N(CCOc2cccc(C(=O)O)c2)C1. The third-order valence-electron chi connectivity index (χ3n) is 3.70. The third kappa shape index (κ3) is 4.21. The molecule has 1 aliphatic heterocycles. The molecular formula is C16H21NO4. The molecular weight excluding hydrogens is 270 g/mol. The lowest BCUT2D eigenvalue weighted by Crippen LogP contribution is -2.29. The van der Waals surface area contributed by atoms with Gasteiger partial charge in [-0.25, -0.2) is 4.79 Å². The van der Waals surface area contributed by atoms with Gasteiger partial charge in [0.25, 0.3) is 0 Å². The van der Waals surface area contributed by atoms with Gasteiger partial charge in [-0.3, -0.25) is 4.79 Å². The number of hydrogen-bond acceptors (Lipinski definition) is 3. The first-order valence-corrected chi connectivity index (χ1v) is 7.34. The number of amides is 1. The number of benzene rings is 1. The first-order valence-electron chi connectivity index (χ1n) is 7.34. The van der Waals surface area contributed by atoms with Crippen molar-refractivity contribution in [3.63, 3.8) is 0 Å². The Kier molecular flexibility index (Phi) is 5.20. The molecule has 0 spiro atoms. The molecule has 1 unspecified atom stereocenters. The van der Waals surface area contributed by atoms with E-state index in [0.29, 0.717) is 31.2 Å². The van der Waals surface area contributed by atoms with E-state index in [1.807, 2.05) is 4.90 Å². The normalized spacial score (nSPS) is 18.0. The smallest absolute Gasteiger partial charge is 0.335 e. The van der Waals surface area contributed by atoms with Gasteiger partial charge in [-0.1, -0.05) is 19.4 Å². The number of carbonyl (C=O) groups excluding carboxylic acids is 1. The molecule has 1 heterocycles. The highest BCUT2D eigenvalue weighted by atomic mass is 16.5. The van der Waals surface area contributed by atoms with E-state index in [2.05, 4.69) is 6.92 Å². The summed E-state index contributed by atoms with van der Waals surface area (Å²) in [4.78, 5) is 24.5. The number of carbonyl (C=O) groups is 2. The summed E-state index contributed by atoms with van der Waals surface area (Å²) in [6.07, 6.45) is 2.83. The van der Waals surface area contributed by atoms with Crippen LogP contribution in [0.1, 0.15) is 36.5 Å². The molecule has 0 aromatic heterocycles. The van der Waals surface area contributed by atoms with Crippen LogP contribution in [0.25, 0.3) is 0 Å². The second-order valence-corrected chi connectivity index (χ2v) is 5.38. The van der Waals surface area contributed by atoms with E-state index in [4.69, 9.17) is 9.84 Å². The summed E-state index contributed by atoms with van der Waals surface area (Å²) in [7, 11) is 0. The van der Waals surface area contributed by atoms with Gasteiger partial charge in [-0.2, -0.15) is 0 Å². The Bertz CT molecular complexity index is 515. The predicted molar refractivity (Wildman–Crippen MR) is 78.5 cm³/mol. The summed E-state index contributed by atoms with van der Waals surface area (Å²) >= 11 is 0. The maximum Gasteiger partial charge on any atom is 0.335 e. The molecule has 5 nitrogen and oxygen atoms in total. The largest absolute Gasteiger partial charge is 0.492 e. The van der Waals surface area contributed by atoms with Crippen LogP contribution in [0.3, 0.4) is 0 Å². The van der Waals surface area contributed by atoms with Gasteiger partial charge < -0.3 is 14.7 Å². The van der Waals surface area contributed by atoms with Gasteiger partial charge >= 0.3 is 5.97 Å². The zero-order valence-electron chi connectivity index (χ0n) is 12.2. The van der Waals surface area contributed by atoms with Crippen LogP contribution < -0.4 is 4.74 Å². The molecule has 1 fully saturated rings. The van der Waals surface area contributed by atoms with Crippen molar-refractivity contribution in [1.82, 2.24) is 4.90 Å². The van der Waals surface area contributed by atoms with Crippen LogP contribution >= 0.6 is 0 Å². The van der Waals surface area contributed by atoms with Crippen molar-refractivity contribution < 1.29 is 19.4 Å². The Morgan fingerprint density at radius 1 is 1.48 bits per heavy atom. The van der Waals surface area contributed by atoms with Gasteiger partial charge in [-0.15, -0.1) is 0 Å². The number of carboxylic acid groups (broad SMARTS) is 1. The summed E-state index contributed by atoms with van der Waals surface area (Å²) in [6, 6.07) is 6.39. The highest BCUT2D eigenvalue weighted by Crippen LogP contribution is 2.22. The minimum absolute atomic E-state index is 0.191. The van der Waals surface area contributed by atoms with E-state index in [1.165, 1.54) is 12.1 Å². The zero-order valence-corrected chi connectivity index (χ0v) is 12.2. The average molecular weight is 291 g/mol. The first kappa shape index (κ1) is 15.4. The third-order valence-corrected chi connectivity index (χ3v) is 3.70. The zero-order chi connectivity index (χ0) is 15.2. The molecule has 0 saturated carbocycles. The number of rotatable bonds is 7. The van der Waals surface area contributed by atoms with Crippen molar-refractivity contribution in [2.45, 2.75) is 26.2 Å². The molecule has 1 N–H and O–H groups in total. The van der Waals surface area contributed by atoms with Gasteiger partial charge in [0.15, 0.2) is 0 Å². The fraction of sp³-hybridized carbons (Fsp3) is 0.500. The summed E-state index contributed by atoms with van der Waals surface area (Å²) in [6.45, 7) is 3.88. The van der Waals surface area contributed by atoms with Crippen molar-refractivity contribution in [3.05, 3.63) is 29.8 Å². The lowest BCUT2D eigenvalue weighted by Gasteiger charge is -2.17. The molecule has 1 aromatic rings. The van der Waals surface area contributed by atoms with Crippen molar-refractivity contribution in [1.29, 1.82) is 0 Å². The van der Waals surface area contributed by atoms with Crippen LogP contribution in [0.4, 0.5) is 0 Å². The van der Waals surface area contributed by atoms with Crippen LogP contribution in [0.15, 0.2) is 24.3 Å². The van der Waals surface area contributed by atoms with Gasteiger partial charge in [0.05, 0.1) is 12.1 Å². The maximum absolute atomic E-state index is 11.8. The topological polar surface area (TPSA) is 66.8 Å². The second kappa shape index (κ2) is 7.11. The molecule has 0 bridgehead atoms. The molecule has 114 valence electrons. The predicted octanol–water partition coefficient (Wildman–Crippen LogP) is 2.41. The number of carboxylic acids is 1. The summed E-state index contributed by atoms with van der Waals surface area (Å²) in [5, 5.41) is 8.91. The fourth-order valence-corrected chi connectivity index (χ4v) is 2.66. The van der Waals surface area contributed by atoms with Crippen molar-refractivity contribution in [2.24, 2.45) is 5.92 Å². The highest BCUT2D eigenvalue weighted by Gasteiger charge is 2.28. The lowest BCUT2D eigenvalue weighted by atomic mass is 10.0. The van der Waals surface area contributed by atoms with E-state index < -0.39 is 5.97 Å². The molecule has 21 heavy (non-hydrogen) atoms. The standard InChI is InChI=1S/C16H21NO4/c1-2-4-12-9-15(18)17(11-12)7-8-21-14-6-3-5-13(10-14)16(19)20/h3,5-6,10,12H,2,4,7-9,11H2,1H3,(H,19,20). The number of hydrogen-bond donors (Lipinski definition) is 1. The minimum atomic E-state index is -0.974. The number of likely N-dealkylation sites (tertiary alicyclic amines) is 1. The molecule has 1 amide bonds. The van der Waals surface area contributed by atoms with Gasteiger partial charge in [0.2, 0.25) is 5.91 Å². The van der Waals surface area contributed by atoms with E-state index in [0.717, 1.165) is 19.4 Å². The Morgan fingerprint density at radius 3 is 3.00 bits per heavy atom. The van der Waals surface area contributed by atoms with Gasteiger partial charge in [-0.05, 0) is 30.5 Å². The highest BCUT2D eigenvalue weighted by molar-refractivity contribution is 5.88. The van der Waals surface area contributed by atoms with Crippen LogP contribution in [0.5, 0.6) is 5.75 Å². The Balaban J connectivity index is 1.80. The van der Waals surface area contributed by atoms with Gasteiger partial charge in [0, 0.05) is 13.0 Å². The summed E-state index contributed by atoms with van der Waals surface area (Å²) in [5.41, 5.74) is 0.202. The molecule has 0 aliphatic carbocycles.